The lowest BCUT2D eigenvalue weighted by Gasteiger charge is -2.20. The van der Waals surface area contributed by atoms with Crippen molar-refractivity contribution in [3.05, 3.63) is 65.7 Å². The van der Waals surface area contributed by atoms with E-state index in [-0.39, 0.29) is 35.5 Å². The van der Waals surface area contributed by atoms with E-state index in [4.69, 9.17) is 0 Å². The van der Waals surface area contributed by atoms with Crippen molar-refractivity contribution in [2.24, 2.45) is 0 Å². The van der Waals surface area contributed by atoms with Gasteiger partial charge in [0.25, 0.3) is 5.91 Å². The summed E-state index contributed by atoms with van der Waals surface area (Å²) in [5.74, 6) is -0.0515. The second kappa shape index (κ2) is 10.4. The highest BCUT2D eigenvalue weighted by Crippen LogP contribution is 2.27. The maximum absolute atomic E-state index is 13.5. The number of aromatic nitrogens is 3. The number of hydrogen-bond acceptors (Lipinski definition) is 6. The molecule has 0 bridgehead atoms. The summed E-state index contributed by atoms with van der Waals surface area (Å²) in [6, 6.07) is 13.2. The van der Waals surface area contributed by atoms with E-state index in [1.54, 1.807) is 36.4 Å². The van der Waals surface area contributed by atoms with Crippen LogP contribution < -0.4 is 10.6 Å². The van der Waals surface area contributed by atoms with E-state index >= 15 is 0 Å². The summed E-state index contributed by atoms with van der Waals surface area (Å²) in [5, 5.41) is 14.9. The van der Waals surface area contributed by atoms with Crippen molar-refractivity contribution in [2.45, 2.75) is 37.0 Å². The molecule has 2 aromatic carbocycles. The second-order valence-electron chi connectivity index (χ2n) is 8.42. The first-order valence-corrected chi connectivity index (χ1v) is 12.0. The van der Waals surface area contributed by atoms with Gasteiger partial charge in [-0.15, -0.1) is 10.2 Å². The number of benzene rings is 2. The van der Waals surface area contributed by atoms with Crippen LogP contribution in [0.1, 0.15) is 42.0 Å². The van der Waals surface area contributed by atoms with Crippen molar-refractivity contribution in [3.8, 4) is 5.69 Å². The van der Waals surface area contributed by atoms with E-state index < -0.39 is 0 Å². The fraction of sp³-hybridized carbons (Fsp3) is 0.333. The average molecular weight is 483 g/mol. The zero-order chi connectivity index (χ0) is 24.2. The molecule has 1 heterocycles. The number of anilines is 1. The highest BCUT2D eigenvalue weighted by Gasteiger charge is 2.25. The number of nitrogens with zero attached hydrogens (tertiary/aromatic N) is 4. The molecule has 0 saturated heterocycles. The number of carbonyl (C=O) groups excluding carboxylic acids is 2. The molecule has 0 spiro atoms. The Bertz CT molecular complexity index is 1180. The topological polar surface area (TPSA) is 92.1 Å². The molecule has 1 aliphatic rings. The Kier molecular flexibility index (Phi) is 7.28. The van der Waals surface area contributed by atoms with Crippen LogP contribution in [-0.4, -0.2) is 57.4 Å². The van der Waals surface area contributed by atoms with Crippen molar-refractivity contribution in [1.29, 1.82) is 0 Å². The zero-order valence-electron chi connectivity index (χ0n) is 19.3. The number of hydrogen-bond donors (Lipinski definition) is 2. The first-order chi connectivity index (χ1) is 16.3. The lowest BCUT2D eigenvalue weighted by Crippen LogP contribution is -2.27. The van der Waals surface area contributed by atoms with Gasteiger partial charge in [0.2, 0.25) is 5.91 Å². The number of nitrogens with one attached hydrogen (secondary N) is 2. The van der Waals surface area contributed by atoms with Gasteiger partial charge in [0, 0.05) is 11.7 Å². The van der Waals surface area contributed by atoms with Crippen LogP contribution in [0.5, 0.6) is 0 Å². The molecule has 8 nitrogen and oxygen atoms in total. The van der Waals surface area contributed by atoms with E-state index in [0.717, 1.165) is 12.8 Å². The molecule has 4 rings (SSSR count). The highest BCUT2D eigenvalue weighted by molar-refractivity contribution is 7.99. The number of carbonyl (C=O) groups is 2. The van der Waals surface area contributed by atoms with E-state index in [9.17, 15) is 14.0 Å². The minimum atomic E-state index is -0.336. The molecule has 3 aromatic rings. The number of rotatable bonds is 9. The Labute approximate surface area is 201 Å². The van der Waals surface area contributed by atoms with Gasteiger partial charge >= 0.3 is 0 Å². The molecule has 2 amide bonds. The summed E-state index contributed by atoms with van der Waals surface area (Å²) in [6.07, 6.45) is 1.97. The van der Waals surface area contributed by atoms with Crippen LogP contribution in [0.2, 0.25) is 0 Å². The van der Waals surface area contributed by atoms with Crippen molar-refractivity contribution in [1.82, 2.24) is 25.0 Å². The largest absolute Gasteiger partial charge is 0.349 e. The van der Waals surface area contributed by atoms with E-state index in [1.807, 2.05) is 30.5 Å². The number of amides is 2. The summed E-state index contributed by atoms with van der Waals surface area (Å²) in [6.45, 7) is 1.99. The minimum Gasteiger partial charge on any atom is -0.349 e. The molecular formula is C24H27FN6O2S. The van der Waals surface area contributed by atoms with Crippen LogP contribution in [0, 0.1) is 5.82 Å². The van der Waals surface area contributed by atoms with Crippen LogP contribution in [0.15, 0.2) is 53.7 Å². The quantitative estimate of drug-likeness (QED) is 0.453. The molecule has 1 aliphatic carbocycles. The highest BCUT2D eigenvalue weighted by atomic mass is 32.2. The monoisotopic (exact) mass is 482 g/mol. The number of thioether (sulfide) groups is 1. The normalized spacial score (nSPS) is 14.1. The molecule has 0 unspecified atom stereocenters. The smallest absolute Gasteiger partial charge is 0.253 e. The Morgan fingerprint density at radius 3 is 2.53 bits per heavy atom. The Morgan fingerprint density at radius 1 is 1.15 bits per heavy atom. The lowest BCUT2D eigenvalue weighted by atomic mass is 10.1. The standard InChI is InChI=1S/C24H27FN6O2S/c1-15(30(2)3)22-28-29-24(31(22)18-12-8-16(25)9-13-18)34-14-21(32)27-20-7-5-4-6-19(20)23(33)26-17-10-11-17/h4-9,12-13,15,17H,10-11,14H2,1-3H3,(H,26,33)(H,27,32)/t15-/m0/s1. The van der Waals surface area contributed by atoms with Crippen LogP contribution in [0.25, 0.3) is 5.69 Å². The zero-order valence-corrected chi connectivity index (χ0v) is 20.1. The molecule has 34 heavy (non-hydrogen) atoms. The molecule has 1 fully saturated rings. The second-order valence-corrected chi connectivity index (χ2v) is 9.36. The Hall–Kier alpha value is -3.24. The van der Waals surface area contributed by atoms with Crippen LogP contribution in [0.3, 0.4) is 0 Å². The molecule has 1 saturated carbocycles. The summed E-state index contributed by atoms with van der Waals surface area (Å²) < 4.78 is 15.3. The van der Waals surface area contributed by atoms with Gasteiger partial charge in [-0.25, -0.2) is 4.39 Å². The third kappa shape index (κ3) is 5.63. The third-order valence-electron chi connectivity index (χ3n) is 5.58. The van der Waals surface area contributed by atoms with Crippen LogP contribution >= 0.6 is 11.8 Å². The third-order valence-corrected chi connectivity index (χ3v) is 6.51. The summed E-state index contributed by atoms with van der Waals surface area (Å²) >= 11 is 1.22. The van der Waals surface area contributed by atoms with Gasteiger partial charge in [0.05, 0.1) is 23.0 Å². The fourth-order valence-corrected chi connectivity index (χ4v) is 4.07. The molecular weight excluding hydrogens is 455 g/mol. The van der Waals surface area contributed by atoms with Crippen molar-refractivity contribution < 1.29 is 14.0 Å². The predicted octanol–water partition coefficient (Wildman–Crippen LogP) is 3.65. The first kappa shape index (κ1) is 23.9. The van der Waals surface area contributed by atoms with Crippen LogP contribution in [0.4, 0.5) is 10.1 Å². The van der Waals surface area contributed by atoms with Gasteiger partial charge in [-0.3, -0.25) is 19.1 Å². The summed E-state index contributed by atoms with van der Waals surface area (Å²) in [4.78, 5) is 27.3. The van der Waals surface area contributed by atoms with Crippen molar-refractivity contribution in [2.75, 3.05) is 25.2 Å². The molecule has 2 N–H and O–H groups in total. The Morgan fingerprint density at radius 2 is 1.85 bits per heavy atom. The SMILES string of the molecule is C[C@@H](c1nnc(SCC(=O)Nc2ccccc2C(=O)NC2CC2)n1-c1ccc(F)cc1)N(C)C. The van der Waals surface area contributed by atoms with Crippen molar-refractivity contribution in [3.63, 3.8) is 0 Å². The van der Waals surface area contributed by atoms with E-state index in [0.29, 0.717) is 27.9 Å². The van der Waals surface area contributed by atoms with Crippen molar-refractivity contribution >= 4 is 29.3 Å². The Balaban J connectivity index is 1.50. The maximum atomic E-state index is 13.5. The molecule has 0 aliphatic heterocycles. The average Bonchev–Trinajstić information content (AvgIpc) is 3.53. The first-order valence-electron chi connectivity index (χ1n) is 11.0. The van der Waals surface area contributed by atoms with E-state index in [1.165, 1.54) is 23.9 Å². The van der Waals surface area contributed by atoms with Gasteiger partial charge in [-0.1, -0.05) is 23.9 Å². The lowest BCUT2D eigenvalue weighted by molar-refractivity contribution is -0.113. The van der Waals surface area contributed by atoms with Gasteiger partial charge in [-0.2, -0.15) is 0 Å². The molecule has 1 aromatic heterocycles. The predicted molar refractivity (Wildman–Crippen MR) is 130 cm³/mol. The van der Waals surface area contributed by atoms with Crippen LogP contribution in [-0.2, 0) is 4.79 Å². The molecule has 10 heteroatoms. The van der Waals surface area contributed by atoms with E-state index in [2.05, 4.69) is 20.8 Å². The number of para-hydroxylation sites is 1. The molecule has 178 valence electrons. The van der Waals surface area contributed by atoms with Gasteiger partial charge in [0.1, 0.15) is 5.82 Å². The van der Waals surface area contributed by atoms with Gasteiger partial charge in [-0.05, 0) is 70.3 Å². The van der Waals surface area contributed by atoms with Gasteiger partial charge in [0.15, 0.2) is 11.0 Å². The maximum Gasteiger partial charge on any atom is 0.253 e. The molecule has 1 atom stereocenters. The summed E-state index contributed by atoms with van der Waals surface area (Å²) in [7, 11) is 3.87. The van der Waals surface area contributed by atoms with Gasteiger partial charge < -0.3 is 10.6 Å². The molecule has 0 radical (unpaired) electrons. The fourth-order valence-electron chi connectivity index (χ4n) is 3.31. The summed E-state index contributed by atoms with van der Waals surface area (Å²) in [5.41, 5.74) is 1.61. The number of halogens is 1. The minimum absolute atomic E-state index is 0.0578.